The van der Waals surface area contributed by atoms with E-state index in [-0.39, 0.29) is 6.04 Å². The van der Waals surface area contributed by atoms with Crippen LogP contribution in [-0.2, 0) is 0 Å². The Morgan fingerprint density at radius 1 is 1.43 bits per heavy atom. The largest absolute Gasteiger partial charge is 0.324 e. The summed E-state index contributed by atoms with van der Waals surface area (Å²) in [6, 6.07) is 3.82. The Morgan fingerprint density at radius 2 is 2.07 bits per heavy atom. The zero-order chi connectivity index (χ0) is 10.3. The van der Waals surface area contributed by atoms with Gasteiger partial charge in [0.2, 0.25) is 0 Å². The van der Waals surface area contributed by atoms with E-state index in [2.05, 4.69) is 6.92 Å². The summed E-state index contributed by atoms with van der Waals surface area (Å²) in [7, 11) is 0. The number of nitrogens with two attached hydrogens (primary N) is 1. The molecule has 76 valence electrons. The highest BCUT2D eigenvalue weighted by Gasteiger charge is 2.39. The van der Waals surface area contributed by atoms with Gasteiger partial charge in [0.25, 0.3) is 0 Å². The second-order valence-electron chi connectivity index (χ2n) is 4.05. The van der Waals surface area contributed by atoms with Gasteiger partial charge < -0.3 is 5.73 Å². The van der Waals surface area contributed by atoms with Crippen LogP contribution in [0, 0.1) is 23.5 Å². The van der Waals surface area contributed by atoms with Crippen molar-refractivity contribution in [3.8, 4) is 0 Å². The molecule has 14 heavy (non-hydrogen) atoms. The smallest absolute Gasteiger partial charge is 0.163 e. The van der Waals surface area contributed by atoms with Crippen LogP contribution in [-0.4, -0.2) is 0 Å². The summed E-state index contributed by atoms with van der Waals surface area (Å²) in [6.45, 7) is 2.07. The van der Waals surface area contributed by atoms with E-state index in [0.29, 0.717) is 17.4 Å². The molecule has 0 aromatic heterocycles. The summed E-state index contributed by atoms with van der Waals surface area (Å²) in [6.07, 6.45) is 1.01. The highest BCUT2D eigenvalue weighted by Crippen LogP contribution is 2.46. The first kappa shape index (κ1) is 9.59. The Hall–Kier alpha value is -0.960. The van der Waals surface area contributed by atoms with Crippen molar-refractivity contribution in [3.63, 3.8) is 0 Å². The molecule has 0 spiro atoms. The van der Waals surface area contributed by atoms with E-state index >= 15 is 0 Å². The van der Waals surface area contributed by atoms with Crippen molar-refractivity contribution >= 4 is 0 Å². The monoisotopic (exact) mass is 197 g/mol. The van der Waals surface area contributed by atoms with Crippen LogP contribution in [0.1, 0.15) is 24.9 Å². The van der Waals surface area contributed by atoms with Crippen LogP contribution >= 0.6 is 0 Å². The van der Waals surface area contributed by atoms with Crippen molar-refractivity contribution in [1.82, 2.24) is 0 Å². The van der Waals surface area contributed by atoms with Gasteiger partial charge >= 0.3 is 0 Å². The van der Waals surface area contributed by atoms with Crippen LogP contribution in [0.15, 0.2) is 18.2 Å². The summed E-state index contributed by atoms with van der Waals surface area (Å²) < 4.78 is 26.2. The van der Waals surface area contributed by atoms with Crippen molar-refractivity contribution < 1.29 is 8.78 Å². The van der Waals surface area contributed by atoms with E-state index in [1.54, 1.807) is 6.07 Å². The van der Waals surface area contributed by atoms with Gasteiger partial charge in [0.05, 0.1) is 0 Å². The highest BCUT2D eigenvalue weighted by molar-refractivity contribution is 5.24. The molecule has 1 aliphatic carbocycles. The molecule has 3 atom stereocenters. The Labute approximate surface area is 81.9 Å². The summed E-state index contributed by atoms with van der Waals surface area (Å²) in [5, 5.41) is 0. The molecule has 1 aliphatic rings. The van der Waals surface area contributed by atoms with Gasteiger partial charge in [-0.3, -0.25) is 0 Å². The maximum atomic E-state index is 13.3. The number of hydrogen-bond acceptors (Lipinski definition) is 1. The van der Waals surface area contributed by atoms with Crippen LogP contribution in [0.3, 0.4) is 0 Å². The van der Waals surface area contributed by atoms with Crippen molar-refractivity contribution in [2.45, 2.75) is 19.4 Å². The van der Waals surface area contributed by atoms with E-state index < -0.39 is 11.6 Å². The Balaban J connectivity index is 2.27. The summed E-state index contributed by atoms with van der Waals surface area (Å²) in [5.74, 6) is -0.760. The van der Waals surface area contributed by atoms with Gasteiger partial charge in [-0.25, -0.2) is 8.78 Å². The second kappa shape index (κ2) is 3.31. The molecule has 0 heterocycles. The van der Waals surface area contributed by atoms with Crippen LogP contribution in [0.2, 0.25) is 0 Å². The van der Waals surface area contributed by atoms with Crippen molar-refractivity contribution in [1.29, 1.82) is 0 Å². The van der Waals surface area contributed by atoms with Gasteiger partial charge in [0.1, 0.15) is 0 Å². The lowest BCUT2D eigenvalue weighted by atomic mass is 10.0. The number of hydrogen-bond donors (Lipinski definition) is 1. The Morgan fingerprint density at radius 3 is 2.64 bits per heavy atom. The fourth-order valence-corrected chi connectivity index (χ4v) is 1.86. The third-order valence-electron chi connectivity index (χ3n) is 2.97. The average Bonchev–Trinajstić information content (AvgIpc) is 2.87. The lowest BCUT2D eigenvalue weighted by Gasteiger charge is -2.12. The third-order valence-corrected chi connectivity index (χ3v) is 2.97. The van der Waals surface area contributed by atoms with Crippen LogP contribution in [0.5, 0.6) is 0 Å². The SMILES string of the molecule is CC1CC1C(N)c1cccc(F)c1F. The molecule has 1 saturated carbocycles. The van der Waals surface area contributed by atoms with Gasteiger partial charge in [-0.2, -0.15) is 0 Å². The zero-order valence-corrected chi connectivity index (χ0v) is 8.00. The van der Waals surface area contributed by atoms with E-state index in [4.69, 9.17) is 5.73 Å². The first-order valence-corrected chi connectivity index (χ1v) is 4.80. The van der Waals surface area contributed by atoms with Gasteiger partial charge in [-0.05, 0) is 24.3 Å². The molecule has 3 heteroatoms. The topological polar surface area (TPSA) is 26.0 Å². The molecule has 2 rings (SSSR count). The molecule has 1 aromatic carbocycles. The minimum atomic E-state index is -0.814. The van der Waals surface area contributed by atoms with Crippen molar-refractivity contribution in [2.75, 3.05) is 0 Å². The van der Waals surface area contributed by atoms with Crippen LogP contribution in [0.4, 0.5) is 8.78 Å². The van der Waals surface area contributed by atoms with Gasteiger partial charge in [0.15, 0.2) is 11.6 Å². The molecule has 0 aliphatic heterocycles. The predicted octanol–water partition coefficient (Wildman–Crippen LogP) is 2.62. The maximum Gasteiger partial charge on any atom is 0.163 e. The molecule has 1 nitrogen and oxygen atoms in total. The standard InChI is InChI=1S/C11H13F2N/c1-6-5-8(6)11(14)7-3-2-4-9(12)10(7)13/h2-4,6,8,11H,5,14H2,1H3. The minimum Gasteiger partial charge on any atom is -0.324 e. The lowest BCUT2D eigenvalue weighted by Crippen LogP contribution is -2.15. The summed E-state index contributed by atoms with van der Waals surface area (Å²) in [4.78, 5) is 0. The Bertz CT molecular complexity index is 351. The molecule has 0 radical (unpaired) electrons. The second-order valence-corrected chi connectivity index (χ2v) is 4.05. The average molecular weight is 197 g/mol. The molecule has 0 bridgehead atoms. The number of benzene rings is 1. The van der Waals surface area contributed by atoms with E-state index in [0.717, 1.165) is 12.5 Å². The zero-order valence-electron chi connectivity index (χ0n) is 8.00. The van der Waals surface area contributed by atoms with Crippen molar-refractivity contribution in [3.05, 3.63) is 35.4 Å². The summed E-state index contributed by atoms with van der Waals surface area (Å²) >= 11 is 0. The molecular formula is C11H13F2N. The van der Waals surface area contributed by atoms with Crippen molar-refractivity contribution in [2.24, 2.45) is 17.6 Å². The quantitative estimate of drug-likeness (QED) is 0.774. The van der Waals surface area contributed by atoms with Gasteiger partial charge in [-0.15, -0.1) is 0 Å². The molecule has 3 unspecified atom stereocenters. The molecule has 0 amide bonds. The highest BCUT2D eigenvalue weighted by atomic mass is 19.2. The van der Waals surface area contributed by atoms with E-state index in [1.165, 1.54) is 6.07 Å². The number of rotatable bonds is 2. The fraction of sp³-hybridized carbons (Fsp3) is 0.455. The Kier molecular flexibility index (Phi) is 2.27. The number of halogens is 2. The predicted molar refractivity (Wildman–Crippen MR) is 50.6 cm³/mol. The van der Waals surface area contributed by atoms with E-state index in [1.807, 2.05) is 0 Å². The fourth-order valence-electron chi connectivity index (χ4n) is 1.86. The van der Waals surface area contributed by atoms with Crippen LogP contribution in [0.25, 0.3) is 0 Å². The van der Waals surface area contributed by atoms with E-state index in [9.17, 15) is 8.78 Å². The maximum absolute atomic E-state index is 13.3. The first-order valence-electron chi connectivity index (χ1n) is 4.80. The van der Waals surface area contributed by atoms with Gasteiger partial charge in [-0.1, -0.05) is 19.1 Å². The molecule has 0 saturated heterocycles. The third kappa shape index (κ3) is 1.52. The normalized spacial score (nSPS) is 27.4. The molecule has 2 N–H and O–H groups in total. The lowest BCUT2D eigenvalue weighted by molar-refractivity contribution is 0.475. The molecule has 1 aromatic rings. The van der Waals surface area contributed by atoms with Crippen LogP contribution < -0.4 is 5.73 Å². The molecular weight excluding hydrogens is 184 g/mol. The first-order chi connectivity index (χ1) is 6.61. The summed E-state index contributed by atoms with van der Waals surface area (Å²) in [5.41, 5.74) is 6.16. The minimum absolute atomic E-state index is 0.305. The molecule has 1 fully saturated rings. The van der Waals surface area contributed by atoms with Gasteiger partial charge in [0, 0.05) is 11.6 Å².